The molecule has 0 aliphatic carbocycles. The van der Waals surface area contributed by atoms with Crippen LogP contribution in [0.3, 0.4) is 0 Å². The van der Waals surface area contributed by atoms with Crippen molar-refractivity contribution >= 4 is 17.7 Å². The number of hydrogen-bond donors (Lipinski definition) is 1. The molecule has 8 nitrogen and oxygen atoms in total. The van der Waals surface area contributed by atoms with Gasteiger partial charge in [-0.3, -0.25) is 0 Å². The second-order valence-electron chi connectivity index (χ2n) is 8.44. The fourth-order valence-corrected chi connectivity index (χ4v) is 5.02. The summed E-state index contributed by atoms with van der Waals surface area (Å²) >= 11 is 0. The molecule has 5 rings (SSSR count). The van der Waals surface area contributed by atoms with Crippen molar-refractivity contribution < 1.29 is 13.9 Å². The number of carbonyl (C=O) groups is 1. The number of hydrogen-bond acceptors (Lipinski definition) is 8. The van der Waals surface area contributed by atoms with Gasteiger partial charge in [0.05, 0.1) is 24.3 Å². The molecule has 2 unspecified atom stereocenters. The molecule has 3 heterocycles. The molecule has 1 fully saturated rings. The zero-order valence-corrected chi connectivity index (χ0v) is 18.6. The number of benzene rings is 2. The number of nitriles is 1. The highest BCUT2D eigenvalue weighted by atomic mass is 16.5. The van der Waals surface area contributed by atoms with Gasteiger partial charge in [-0.2, -0.15) is 5.26 Å². The molecule has 0 radical (unpaired) electrons. The number of aromatic nitrogens is 2. The lowest BCUT2D eigenvalue weighted by Gasteiger charge is -2.41. The summed E-state index contributed by atoms with van der Waals surface area (Å²) in [6, 6.07) is 17.3. The Morgan fingerprint density at radius 2 is 2.06 bits per heavy atom. The third-order valence-corrected chi connectivity index (χ3v) is 6.56. The normalized spacial score (nSPS) is 21.1. The van der Waals surface area contributed by atoms with E-state index >= 15 is 0 Å². The Hall–Kier alpha value is -3.86. The van der Waals surface area contributed by atoms with Crippen LogP contribution in [-0.2, 0) is 4.74 Å². The van der Waals surface area contributed by atoms with Crippen molar-refractivity contribution in [3.63, 3.8) is 0 Å². The predicted octanol–water partition coefficient (Wildman–Crippen LogP) is 4.41. The molecule has 1 N–H and O–H groups in total. The van der Waals surface area contributed by atoms with Crippen molar-refractivity contribution in [1.82, 2.24) is 10.2 Å². The van der Waals surface area contributed by atoms with Crippen LogP contribution < -0.4 is 10.2 Å². The molecule has 3 aromatic rings. The van der Waals surface area contributed by atoms with E-state index in [-0.39, 0.29) is 36.5 Å². The summed E-state index contributed by atoms with van der Waals surface area (Å²) in [6.45, 7) is 5.02. The zero-order chi connectivity index (χ0) is 22.9. The van der Waals surface area contributed by atoms with Crippen LogP contribution in [0.2, 0.25) is 0 Å². The van der Waals surface area contributed by atoms with Gasteiger partial charge in [0, 0.05) is 24.2 Å². The predicted molar refractivity (Wildman–Crippen MR) is 122 cm³/mol. The third-order valence-electron chi connectivity index (χ3n) is 6.56. The topological polar surface area (TPSA) is 104 Å². The minimum Gasteiger partial charge on any atom is -0.459 e. The summed E-state index contributed by atoms with van der Waals surface area (Å²) in [4.78, 5) is 14.3. The molecule has 8 heteroatoms. The van der Waals surface area contributed by atoms with Crippen LogP contribution in [0.1, 0.15) is 71.6 Å². The lowest BCUT2D eigenvalue weighted by Crippen LogP contribution is -2.41. The first kappa shape index (κ1) is 21.0. The van der Waals surface area contributed by atoms with Gasteiger partial charge < -0.3 is 19.4 Å². The Kier molecular flexibility index (Phi) is 5.47. The Balaban J connectivity index is 1.45. The number of anilines is 2. The average molecular weight is 444 g/mol. The van der Waals surface area contributed by atoms with Crippen LogP contribution in [0.15, 0.2) is 46.9 Å². The smallest absolute Gasteiger partial charge is 0.396 e. The molecule has 1 aromatic heterocycles. The number of rotatable bonds is 4. The van der Waals surface area contributed by atoms with E-state index in [9.17, 15) is 10.1 Å². The SMILES string of the molecule is CCOC(=O)c1nnc(NC2CCN3c4ccc(C#N)cc4[C@@H](C)c4ccccc4C3C2)o1. The van der Waals surface area contributed by atoms with Gasteiger partial charge >= 0.3 is 17.9 Å². The van der Waals surface area contributed by atoms with E-state index in [0.29, 0.717) is 5.56 Å². The first-order valence-corrected chi connectivity index (χ1v) is 11.3. The highest BCUT2D eigenvalue weighted by Crippen LogP contribution is 2.46. The number of esters is 1. The highest BCUT2D eigenvalue weighted by Gasteiger charge is 2.36. The maximum atomic E-state index is 11.8. The molecule has 0 spiro atoms. The van der Waals surface area contributed by atoms with Crippen molar-refractivity contribution in [2.45, 2.75) is 44.7 Å². The molecule has 0 saturated carbocycles. The summed E-state index contributed by atoms with van der Waals surface area (Å²) < 4.78 is 10.4. The lowest BCUT2D eigenvalue weighted by molar-refractivity contribution is 0.0481. The van der Waals surface area contributed by atoms with E-state index < -0.39 is 5.97 Å². The van der Waals surface area contributed by atoms with Gasteiger partial charge in [0.1, 0.15) is 0 Å². The van der Waals surface area contributed by atoms with Crippen LogP contribution in [0, 0.1) is 11.3 Å². The van der Waals surface area contributed by atoms with E-state index in [2.05, 4.69) is 63.7 Å². The molecule has 2 aliphatic rings. The minimum absolute atomic E-state index is 0.102. The Labute approximate surface area is 192 Å². The Morgan fingerprint density at radius 3 is 2.85 bits per heavy atom. The first-order chi connectivity index (χ1) is 16.1. The monoisotopic (exact) mass is 443 g/mol. The van der Waals surface area contributed by atoms with Crippen molar-refractivity contribution in [2.24, 2.45) is 0 Å². The molecule has 0 bridgehead atoms. The molecule has 33 heavy (non-hydrogen) atoms. The summed E-state index contributed by atoms with van der Waals surface area (Å²) in [5, 5.41) is 20.5. The first-order valence-electron chi connectivity index (χ1n) is 11.3. The lowest BCUT2D eigenvalue weighted by atomic mass is 9.86. The van der Waals surface area contributed by atoms with E-state index in [1.165, 1.54) is 22.4 Å². The van der Waals surface area contributed by atoms with Crippen LogP contribution >= 0.6 is 0 Å². The molecular formula is C25H25N5O3. The maximum Gasteiger partial charge on any atom is 0.396 e. The van der Waals surface area contributed by atoms with Gasteiger partial charge in [0.15, 0.2) is 0 Å². The van der Waals surface area contributed by atoms with Crippen molar-refractivity contribution in [3.8, 4) is 6.07 Å². The number of ether oxygens (including phenoxy) is 1. The Bertz CT molecular complexity index is 1230. The largest absolute Gasteiger partial charge is 0.459 e. The number of nitrogens with zero attached hydrogens (tertiary/aromatic N) is 4. The van der Waals surface area contributed by atoms with Gasteiger partial charge in [-0.1, -0.05) is 41.4 Å². The molecule has 1 saturated heterocycles. The summed E-state index contributed by atoms with van der Waals surface area (Å²) in [5.41, 5.74) is 5.63. The standard InChI is InChI=1S/C25H25N5O3/c1-3-32-24(31)23-28-29-25(33-23)27-17-10-11-30-21-9-8-16(14-26)12-20(21)15(2)18-6-4-5-7-19(18)22(30)13-17/h4-9,12,15,17,22H,3,10-11,13H2,1-2H3,(H,27,29)/t15-,17?,22?/m0/s1. The van der Waals surface area contributed by atoms with Gasteiger partial charge in [-0.15, -0.1) is 0 Å². The second kappa shape index (κ2) is 8.58. The quantitative estimate of drug-likeness (QED) is 0.592. The second-order valence-corrected chi connectivity index (χ2v) is 8.44. The summed E-state index contributed by atoms with van der Waals surface area (Å²) in [6.07, 6.45) is 1.70. The number of piperidine rings is 1. The van der Waals surface area contributed by atoms with E-state index in [1.54, 1.807) is 6.92 Å². The molecule has 2 aliphatic heterocycles. The van der Waals surface area contributed by atoms with Crippen LogP contribution in [0.5, 0.6) is 0 Å². The van der Waals surface area contributed by atoms with Crippen LogP contribution in [0.25, 0.3) is 0 Å². The minimum atomic E-state index is -0.618. The summed E-state index contributed by atoms with van der Waals surface area (Å²) in [7, 11) is 0. The number of fused-ring (bicyclic) bond motifs is 5. The molecule has 3 atom stereocenters. The van der Waals surface area contributed by atoms with Gasteiger partial charge in [0.25, 0.3) is 0 Å². The van der Waals surface area contributed by atoms with Gasteiger partial charge in [-0.05, 0) is 54.7 Å². The number of carbonyl (C=O) groups excluding carboxylic acids is 1. The van der Waals surface area contributed by atoms with E-state index in [1.807, 2.05) is 12.1 Å². The Morgan fingerprint density at radius 1 is 1.24 bits per heavy atom. The van der Waals surface area contributed by atoms with Crippen molar-refractivity contribution in [1.29, 1.82) is 5.26 Å². The van der Waals surface area contributed by atoms with Gasteiger partial charge in [-0.25, -0.2) is 4.79 Å². The fraction of sp³-hybridized carbons (Fsp3) is 0.360. The van der Waals surface area contributed by atoms with E-state index in [4.69, 9.17) is 9.15 Å². The van der Waals surface area contributed by atoms with Crippen LogP contribution in [-0.4, -0.2) is 35.4 Å². The molecule has 0 amide bonds. The molecular weight excluding hydrogens is 418 g/mol. The molecule has 2 aromatic carbocycles. The highest BCUT2D eigenvalue weighted by molar-refractivity contribution is 5.84. The molecule has 168 valence electrons. The zero-order valence-electron chi connectivity index (χ0n) is 18.6. The fourth-order valence-electron chi connectivity index (χ4n) is 5.02. The number of nitrogens with one attached hydrogen (secondary N) is 1. The van der Waals surface area contributed by atoms with Crippen molar-refractivity contribution in [2.75, 3.05) is 23.4 Å². The van der Waals surface area contributed by atoms with Gasteiger partial charge in [0.2, 0.25) is 0 Å². The van der Waals surface area contributed by atoms with E-state index in [0.717, 1.165) is 19.4 Å². The summed E-state index contributed by atoms with van der Waals surface area (Å²) in [5.74, 6) is -0.579. The van der Waals surface area contributed by atoms with Crippen molar-refractivity contribution in [3.05, 3.63) is 70.6 Å². The third kappa shape index (κ3) is 3.80. The maximum absolute atomic E-state index is 11.8. The average Bonchev–Trinajstić information content (AvgIpc) is 3.28. The van der Waals surface area contributed by atoms with Crippen LogP contribution in [0.4, 0.5) is 11.7 Å².